The van der Waals surface area contributed by atoms with Gasteiger partial charge in [0.05, 0.1) is 0 Å². The van der Waals surface area contributed by atoms with Gasteiger partial charge in [-0.1, -0.05) is 6.07 Å². The number of carbonyl (C=O) groups excluding carboxylic acids is 1. The number of nitrogens with two attached hydrogens (primary N) is 1. The number of allylic oxidation sites excluding steroid dienone is 1. The van der Waals surface area contributed by atoms with Gasteiger partial charge in [-0.15, -0.1) is 0 Å². The molecule has 0 spiro atoms. The Hall–Kier alpha value is -1.57. The topological polar surface area (TPSA) is 43.1 Å². The van der Waals surface area contributed by atoms with E-state index in [1.807, 2.05) is 38.1 Å². The van der Waals surface area contributed by atoms with Crippen LogP contribution in [0.2, 0.25) is 0 Å². The Labute approximate surface area is 84.4 Å². The quantitative estimate of drug-likeness (QED) is 0.574. The van der Waals surface area contributed by atoms with Crippen molar-refractivity contribution in [3.63, 3.8) is 0 Å². The van der Waals surface area contributed by atoms with Gasteiger partial charge >= 0.3 is 0 Å². The van der Waals surface area contributed by atoms with Gasteiger partial charge in [0.25, 0.3) is 0 Å². The molecule has 0 unspecified atom stereocenters. The first kappa shape index (κ1) is 10.5. The maximum absolute atomic E-state index is 11.0. The van der Waals surface area contributed by atoms with Crippen LogP contribution in [0.5, 0.6) is 0 Å². The number of anilines is 1. The molecule has 0 radical (unpaired) electrons. The van der Waals surface area contributed by atoms with Crippen molar-refractivity contribution in [3.05, 3.63) is 34.9 Å². The monoisotopic (exact) mass is 189 g/mol. The van der Waals surface area contributed by atoms with E-state index in [-0.39, 0.29) is 5.78 Å². The van der Waals surface area contributed by atoms with Crippen LogP contribution in [0.15, 0.2) is 23.8 Å². The van der Waals surface area contributed by atoms with Crippen molar-refractivity contribution in [1.29, 1.82) is 0 Å². The maximum Gasteiger partial charge on any atom is 0.155 e. The Kier molecular flexibility index (Phi) is 3.07. The number of hydrogen-bond donors (Lipinski definition) is 1. The third-order valence-electron chi connectivity index (χ3n) is 2.23. The lowest BCUT2D eigenvalue weighted by molar-refractivity contribution is -0.113. The summed E-state index contributed by atoms with van der Waals surface area (Å²) < 4.78 is 0. The average Bonchev–Trinajstić information content (AvgIpc) is 2.11. The number of Topliss-reactive ketones (excluding diaryl/α,β-unsaturated/α-hetero) is 1. The van der Waals surface area contributed by atoms with Gasteiger partial charge in [-0.2, -0.15) is 0 Å². The molecule has 2 heteroatoms. The summed E-state index contributed by atoms with van der Waals surface area (Å²) in [7, 11) is 0. The summed E-state index contributed by atoms with van der Waals surface area (Å²) in [4.78, 5) is 11.0. The summed E-state index contributed by atoms with van der Waals surface area (Å²) in [5, 5.41) is 0. The molecule has 0 fully saturated rings. The molecule has 0 amide bonds. The second-order valence-corrected chi connectivity index (χ2v) is 3.50. The molecule has 0 atom stereocenters. The summed E-state index contributed by atoms with van der Waals surface area (Å²) >= 11 is 0. The van der Waals surface area contributed by atoms with Crippen LogP contribution < -0.4 is 5.73 Å². The predicted molar refractivity (Wildman–Crippen MR) is 59.9 cm³/mol. The fraction of sp³-hybridized carbons (Fsp3) is 0.250. The normalized spacial score (nSPS) is 11.5. The van der Waals surface area contributed by atoms with Crippen LogP contribution in [0.3, 0.4) is 0 Å². The fourth-order valence-corrected chi connectivity index (χ4v) is 1.15. The van der Waals surface area contributed by atoms with Crippen molar-refractivity contribution < 1.29 is 4.79 Å². The summed E-state index contributed by atoms with van der Waals surface area (Å²) in [5.41, 5.74) is 9.27. The van der Waals surface area contributed by atoms with E-state index >= 15 is 0 Å². The average molecular weight is 189 g/mol. The second-order valence-electron chi connectivity index (χ2n) is 3.50. The van der Waals surface area contributed by atoms with Gasteiger partial charge in [0.1, 0.15) is 0 Å². The zero-order valence-electron chi connectivity index (χ0n) is 8.79. The van der Waals surface area contributed by atoms with Crippen LogP contribution >= 0.6 is 0 Å². The molecule has 1 rings (SSSR count). The van der Waals surface area contributed by atoms with E-state index in [9.17, 15) is 4.79 Å². The third kappa shape index (κ3) is 2.46. The van der Waals surface area contributed by atoms with Gasteiger partial charge in [0.2, 0.25) is 0 Å². The van der Waals surface area contributed by atoms with Crippen molar-refractivity contribution >= 4 is 17.5 Å². The van der Waals surface area contributed by atoms with Crippen molar-refractivity contribution in [2.45, 2.75) is 20.8 Å². The number of aryl methyl sites for hydroxylation is 1. The molecular formula is C12H15NO. The summed E-state index contributed by atoms with van der Waals surface area (Å²) in [6.45, 7) is 5.37. The molecule has 2 N–H and O–H groups in total. The van der Waals surface area contributed by atoms with E-state index in [1.54, 1.807) is 6.92 Å². The van der Waals surface area contributed by atoms with Gasteiger partial charge < -0.3 is 5.73 Å². The number of hydrogen-bond acceptors (Lipinski definition) is 2. The Morgan fingerprint density at radius 1 is 1.36 bits per heavy atom. The highest BCUT2D eigenvalue weighted by Crippen LogP contribution is 2.16. The van der Waals surface area contributed by atoms with Crippen molar-refractivity contribution in [1.82, 2.24) is 0 Å². The zero-order chi connectivity index (χ0) is 10.7. The van der Waals surface area contributed by atoms with E-state index in [0.717, 1.165) is 22.4 Å². The SMILES string of the molecule is CC(=O)/C(C)=C/c1cc(N)ccc1C. The van der Waals surface area contributed by atoms with Crippen LogP contribution in [0.4, 0.5) is 5.69 Å². The molecule has 0 aliphatic carbocycles. The third-order valence-corrected chi connectivity index (χ3v) is 2.23. The van der Waals surface area contributed by atoms with Gasteiger partial charge in [0.15, 0.2) is 5.78 Å². The molecule has 0 bridgehead atoms. The first-order chi connectivity index (χ1) is 6.50. The summed E-state index contributed by atoms with van der Waals surface area (Å²) in [6, 6.07) is 5.69. The Bertz CT molecular complexity index is 391. The smallest absolute Gasteiger partial charge is 0.155 e. The minimum Gasteiger partial charge on any atom is -0.399 e. The molecule has 1 aromatic carbocycles. The summed E-state index contributed by atoms with van der Waals surface area (Å²) in [5.74, 6) is 0.0897. The predicted octanol–water partition coefficient (Wildman–Crippen LogP) is 2.57. The lowest BCUT2D eigenvalue weighted by atomic mass is 10.0. The van der Waals surface area contributed by atoms with Gasteiger partial charge in [-0.25, -0.2) is 0 Å². The van der Waals surface area contributed by atoms with E-state index in [0.29, 0.717) is 0 Å². The highest BCUT2D eigenvalue weighted by Gasteiger charge is 1.99. The molecule has 0 saturated heterocycles. The van der Waals surface area contributed by atoms with Gasteiger partial charge in [-0.3, -0.25) is 4.79 Å². The van der Waals surface area contributed by atoms with Gasteiger partial charge in [-0.05, 0) is 55.7 Å². The van der Waals surface area contributed by atoms with Crippen molar-refractivity contribution in [2.24, 2.45) is 0 Å². The zero-order valence-corrected chi connectivity index (χ0v) is 8.79. The standard InChI is InChI=1S/C12H15NO/c1-8-4-5-12(13)7-11(8)6-9(2)10(3)14/h4-7H,13H2,1-3H3/b9-6+. The van der Waals surface area contributed by atoms with E-state index < -0.39 is 0 Å². The van der Waals surface area contributed by atoms with E-state index in [2.05, 4.69) is 0 Å². The van der Waals surface area contributed by atoms with Gasteiger partial charge in [0, 0.05) is 5.69 Å². The molecule has 74 valence electrons. The van der Waals surface area contributed by atoms with Crippen LogP contribution in [-0.2, 0) is 4.79 Å². The molecule has 2 nitrogen and oxygen atoms in total. The Morgan fingerprint density at radius 2 is 2.00 bits per heavy atom. The molecule has 0 saturated carbocycles. The molecule has 0 aliphatic rings. The first-order valence-electron chi connectivity index (χ1n) is 4.56. The number of benzene rings is 1. The van der Waals surface area contributed by atoms with Crippen LogP contribution in [0.1, 0.15) is 25.0 Å². The number of rotatable bonds is 2. The number of ketones is 1. The Balaban J connectivity index is 3.13. The summed E-state index contributed by atoms with van der Waals surface area (Å²) in [6.07, 6.45) is 1.87. The van der Waals surface area contributed by atoms with Crippen LogP contribution in [-0.4, -0.2) is 5.78 Å². The molecule has 0 aromatic heterocycles. The minimum absolute atomic E-state index is 0.0897. The fourth-order valence-electron chi connectivity index (χ4n) is 1.15. The second kappa shape index (κ2) is 4.09. The lowest BCUT2D eigenvalue weighted by Gasteiger charge is -2.03. The highest BCUT2D eigenvalue weighted by atomic mass is 16.1. The van der Waals surface area contributed by atoms with Crippen LogP contribution in [0.25, 0.3) is 6.08 Å². The van der Waals surface area contributed by atoms with Crippen molar-refractivity contribution in [2.75, 3.05) is 5.73 Å². The molecule has 14 heavy (non-hydrogen) atoms. The molecule has 1 aromatic rings. The largest absolute Gasteiger partial charge is 0.399 e. The highest BCUT2D eigenvalue weighted by molar-refractivity contribution is 5.97. The van der Waals surface area contributed by atoms with E-state index in [1.165, 1.54) is 0 Å². The molecule has 0 aliphatic heterocycles. The number of nitrogen functional groups attached to an aromatic ring is 1. The van der Waals surface area contributed by atoms with Crippen molar-refractivity contribution in [3.8, 4) is 0 Å². The van der Waals surface area contributed by atoms with Crippen LogP contribution in [0, 0.1) is 6.92 Å². The minimum atomic E-state index is 0.0897. The first-order valence-corrected chi connectivity index (χ1v) is 4.56. The molecular weight excluding hydrogens is 174 g/mol. The lowest BCUT2D eigenvalue weighted by Crippen LogP contribution is -1.93. The maximum atomic E-state index is 11.0. The molecule has 0 heterocycles. The Morgan fingerprint density at radius 3 is 2.57 bits per heavy atom. The van der Waals surface area contributed by atoms with E-state index in [4.69, 9.17) is 5.73 Å². The number of carbonyl (C=O) groups is 1.